The molecule has 1 rings (SSSR count). The van der Waals surface area contributed by atoms with Crippen LogP contribution in [0.4, 0.5) is 5.69 Å². The molecule has 0 spiro atoms. The van der Waals surface area contributed by atoms with Crippen molar-refractivity contribution in [3.05, 3.63) is 23.2 Å². The quantitative estimate of drug-likeness (QED) is 0.653. The van der Waals surface area contributed by atoms with E-state index in [1.807, 2.05) is 0 Å². The zero-order chi connectivity index (χ0) is 15.5. The average Bonchev–Trinajstić information content (AvgIpc) is 2.36. The van der Waals surface area contributed by atoms with Gasteiger partial charge in [0.25, 0.3) is 0 Å². The molecular weight excluding hydrogens is 304 g/mol. The lowest BCUT2D eigenvalue weighted by Gasteiger charge is -2.20. The minimum atomic E-state index is -3.78. The van der Waals surface area contributed by atoms with Crippen molar-refractivity contribution in [3.8, 4) is 0 Å². The summed E-state index contributed by atoms with van der Waals surface area (Å²) in [5.74, 6) is -1.05. The molecule has 6 nitrogen and oxygen atoms in total. The highest BCUT2D eigenvalue weighted by molar-refractivity contribution is 7.89. The van der Waals surface area contributed by atoms with Crippen LogP contribution in [0, 0.1) is 5.92 Å². The predicted octanol–water partition coefficient (Wildman–Crippen LogP) is 1.35. The molecule has 0 amide bonds. The molecule has 0 aliphatic carbocycles. The van der Waals surface area contributed by atoms with E-state index in [0.717, 1.165) is 4.31 Å². The van der Waals surface area contributed by atoms with Gasteiger partial charge in [-0.1, -0.05) is 18.5 Å². The number of nitrogens with zero attached hydrogens (tertiary/aromatic N) is 1. The number of benzene rings is 1. The van der Waals surface area contributed by atoms with Crippen LogP contribution in [0.1, 0.15) is 6.92 Å². The van der Waals surface area contributed by atoms with Crippen LogP contribution in [-0.2, 0) is 19.6 Å². The Morgan fingerprint density at radius 1 is 1.50 bits per heavy atom. The van der Waals surface area contributed by atoms with Gasteiger partial charge >= 0.3 is 5.97 Å². The fourth-order valence-corrected chi connectivity index (χ4v) is 3.21. The van der Waals surface area contributed by atoms with E-state index in [0.29, 0.717) is 5.02 Å². The SMILES string of the molecule is COC(=O)C(C)CN(C)S(=O)(=O)c1ccc(Cl)cc1N. The first kappa shape index (κ1) is 16.7. The number of nitrogen functional groups attached to an aromatic ring is 1. The van der Waals surface area contributed by atoms with E-state index in [-0.39, 0.29) is 17.1 Å². The second-order valence-corrected chi connectivity index (χ2v) is 6.84. The van der Waals surface area contributed by atoms with Gasteiger partial charge in [0.1, 0.15) is 4.90 Å². The van der Waals surface area contributed by atoms with Crippen molar-refractivity contribution in [2.24, 2.45) is 5.92 Å². The Morgan fingerprint density at radius 3 is 2.60 bits per heavy atom. The topological polar surface area (TPSA) is 89.7 Å². The molecule has 1 atom stereocenters. The molecular formula is C12H17ClN2O4S. The van der Waals surface area contributed by atoms with Gasteiger partial charge in [-0.15, -0.1) is 0 Å². The molecule has 0 aliphatic heterocycles. The van der Waals surface area contributed by atoms with Gasteiger partial charge in [-0.25, -0.2) is 12.7 Å². The highest BCUT2D eigenvalue weighted by atomic mass is 35.5. The molecule has 1 unspecified atom stereocenters. The number of carbonyl (C=O) groups is 1. The predicted molar refractivity (Wildman–Crippen MR) is 76.9 cm³/mol. The number of rotatable bonds is 5. The zero-order valence-corrected chi connectivity index (χ0v) is 13.0. The summed E-state index contributed by atoms with van der Waals surface area (Å²) in [5, 5.41) is 0.354. The molecule has 0 bridgehead atoms. The van der Waals surface area contributed by atoms with Crippen LogP contribution in [0.15, 0.2) is 23.1 Å². The van der Waals surface area contributed by atoms with Crippen LogP contribution >= 0.6 is 11.6 Å². The lowest BCUT2D eigenvalue weighted by Crippen LogP contribution is -2.34. The van der Waals surface area contributed by atoms with Gasteiger partial charge in [0.2, 0.25) is 10.0 Å². The molecule has 0 fully saturated rings. The monoisotopic (exact) mass is 320 g/mol. The first-order valence-electron chi connectivity index (χ1n) is 5.79. The molecule has 0 aromatic heterocycles. The van der Waals surface area contributed by atoms with Gasteiger partial charge in [-0.05, 0) is 18.2 Å². The summed E-state index contributed by atoms with van der Waals surface area (Å²) in [6, 6.07) is 4.15. The number of halogens is 1. The zero-order valence-electron chi connectivity index (χ0n) is 11.5. The number of sulfonamides is 1. The Balaban J connectivity index is 3.01. The summed E-state index contributed by atoms with van der Waals surface area (Å²) in [7, 11) is -1.15. The number of carbonyl (C=O) groups excluding carboxylic acids is 1. The Morgan fingerprint density at radius 2 is 2.10 bits per heavy atom. The maximum absolute atomic E-state index is 12.4. The summed E-state index contributed by atoms with van der Waals surface area (Å²) >= 11 is 5.74. The molecule has 0 saturated carbocycles. The first-order chi connectivity index (χ1) is 9.20. The van der Waals surface area contributed by atoms with E-state index in [2.05, 4.69) is 4.74 Å². The molecule has 0 heterocycles. The number of nitrogens with two attached hydrogens (primary N) is 1. The van der Waals surface area contributed by atoms with Crippen molar-refractivity contribution in [3.63, 3.8) is 0 Å². The maximum atomic E-state index is 12.4. The van der Waals surface area contributed by atoms with Crippen molar-refractivity contribution in [2.45, 2.75) is 11.8 Å². The van der Waals surface area contributed by atoms with E-state index in [1.54, 1.807) is 6.92 Å². The third-order valence-electron chi connectivity index (χ3n) is 2.79. The molecule has 0 aliphatic rings. The lowest BCUT2D eigenvalue weighted by molar-refractivity contribution is -0.144. The summed E-state index contributed by atoms with van der Waals surface area (Å²) in [5.41, 5.74) is 5.75. The molecule has 112 valence electrons. The second-order valence-electron chi connectivity index (χ2n) is 4.39. The van der Waals surface area contributed by atoms with Crippen LogP contribution in [0.5, 0.6) is 0 Å². The number of hydrogen-bond acceptors (Lipinski definition) is 5. The highest BCUT2D eigenvalue weighted by Crippen LogP contribution is 2.25. The number of hydrogen-bond donors (Lipinski definition) is 1. The summed E-state index contributed by atoms with van der Waals surface area (Å²) in [4.78, 5) is 11.3. The van der Waals surface area contributed by atoms with E-state index >= 15 is 0 Å². The number of esters is 1. The number of methoxy groups -OCH3 is 1. The number of anilines is 1. The molecule has 0 saturated heterocycles. The van der Waals surface area contributed by atoms with Crippen molar-refractivity contribution in [1.29, 1.82) is 0 Å². The number of ether oxygens (including phenoxy) is 1. The molecule has 1 aromatic carbocycles. The maximum Gasteiger partial charge on any atom is 0.309 e. The van der Waals surface area contributed by atoms with Gasteiger partial charge < -0.3 is 10.5 Å². The van der Waals surface area contributed by atoms with Gasteiger partial charge in [0.15, 0.2) is 0 Å². The summed E-state index contributed by atoms with van der Waals surface area (Å²) in [6.45, 7) is 1.58. The van der Waals surface area contributed by atoms with Crippen LogP contribution in [0.3, 0.4) is 0 Å². The van der Waals surface area contributed by atoms with Gasteiger partial charge in [0, 0.05) is 18.6 Å². The third-order valence-corrected chi connectivity index (χ3v) is 4.93. The van der Waals surface area contributed by atoms with Crippen molar-refractivity contribution >= 4 is 33.3 Å². The first-order valence-corrected chi connectivity index (χ1v) is 7.61. The van der Waals surface area contributed by atoms with Crippen LogP contribution < -0.4 is 5.73 Å². The second kappa shape index (κ2) is 6.43. The average molecular weight is 321 g/mol. The van der Waals surface area contributed by atoms with Gasteiger partial charge in [-0.2, -0.15) is 0 Å². The van der Waals surface area contributed by atoms with Crippen molar-refractivity contribution in [2.75, 3.05) is 26.4 Å². The fourth-order valence-electron chi connectivity index (χ4n) is 1.68. The third kappa shape index (κ3) is 3.62. The minimum Gasteiger partial charge on any atom is -0.469 e. The van der Waals surface area contributed by atoms with Crippen molar-refractivity contribution in [1.82, 2.24) is 4.31 Å². The Bertz CT molecular complexity index is 603. The Kier molecular flexibility index (Phi) is 5.38. The molecule has 8 heteroatoms. The van der Waals surface area contributed by atoms with Crippen LogP contribution in [-0.4, -0.2) is 39.4 Å². The Hall–Kier alpha value is -1.31. The molecule has 0 radical (unpaired) electrons. The highest BCUT2D eigenvalue weighted by Gasteiger charge is 2.27. The van der Waals surface area contributed by atoms with Crippen LogP contribution in [0.25, 0.3) is 0 Å². The van der Waals surface area contributed by atoms with Crippen LogP contribution in [0.2, 0.25) is 5.02 Å². The lowest BCUT2D eigenvalue weighted by atomic mass is 10.2. The van der Waals surface area contributed by atoms with E-state index in [9.17, 15) is 13.2 Å². The fraction of sp³-hybridized carbons (Fsp3) is 0.417. The molecule has 20 heavy (non-hydrogen) atoms. The van der Waals surface area contributed by atoms with Crippen molar-refractivity contribution < 1.29 is 17.9 Å². The minimum absolute atomic E-state index is 0.00290. The summed E-state index contributed by atoms with van der Waals surface area (Å²) < 4.78 is 30.4. The van der Waals surface area contributed by atoms with E-state index < -0.39 is 21.9 Å². The summed E-state index contributed by atoms with van der Waals surface area (Å²) in [6.07, 6.45) is 0. The molecule has 1 aromatic rings. The van der Waals surface area contributed by atoms with E-state index in [4.69, 9.17) is 17.3 Å². The smallest absolute Gasteiger partial charge is 0.309 e. The normalized spacial score (nSPS) is 13.2. The van der Waals surface area contributed by atoms with E-state index in [1.165, 1.54) is 32.4 Å². The Labute approximate surface area is 123 Å². The largest absolute Gasteiger partial charge is 0.469 e. The van der Waals surface area contributed by atoms with Gasteiger partial charge in [-0.3, -0.25) is 4.79 Å². The molecule has 2 N–H and O–H groups in total. The standard InChI is InChI=1S/C12H17ClN2O4S/c1-8(12(16)19-3)7-15(2)20(17,18)11-5-4-9(13)6-10(11)14/h4-6,8H,7,14H2,1-3H3. The van der Waals surface area contributed by atoms with Gasteiger partial charge in [0.05, 0.1) is 18.7 Å².